The molecule has 8 nitrogen and oxygen atoms in total. The zero-order valence-electron chi connectivity index (χ0n) is 28.5. The molecule has 6 aliphatic rings. The Morgan fingerprint density at radius 3 is 2.81 bits per heavy atom. The summed E-state index contributed by atoms with van der Waals surface area (Å²) in [5.74, 6) is 3.92. The van der Waals surface area contributed by atoms with Gasteiger partial charge in [-0.25, -0.2) is 0 Å². The molecule has 5 bridgehead atoms. The van der Waals surface area contributed by atoms with Gasteiger partial charge in [0, 0.05) is 67.4 Å². The summed E-state index contributed by atoms with van der Waals surface area (Å²) < 4.78 is 0. The van der Waals surface area contributed by atoms with E-state index in [0.29, 0.717) is 37.0 Å². The standard InChI is InChI=1S/C38H54N4O4S2/c1-36-11-13-47-48-22-38-26(7-9-28(33(38)19-41-35(39)42-38)30-14-23(18-40-2)5-6-24(30)20-44)8-10-29-32-16-27(36)15-25(21-45)31(4-3-12-43)37(32,36)17-34(29)46/h5-7,9,14,25-28,31,33,40,43-45H,3-4,8,10-13,15-22H2,1-2H3,(H3,39,41,42)/t25-,26+,27-,28+,31-,33+,36+,37+,38+/m1/s1. The van der Waals surface area contributed by atoms with E-state index < -0.39 is 0 Å². The summed E-state index contributed by atoms with van der Waals surface area (Å²) in [5.41, 5.74) is 11.7. The first-order chi connectivity index (χ1) is 23.3. The van der Waals surface area contributed by atoms with Crippen molar-refractivity contribution in [1.29, 1.82) is 0 Å². The van der Waals surface area contributed by atoms with Crippen LogP contribution in [0.15, 0.2) is 46.5 Å². The van der Waals surface area contributed by atoms with Gasteiger partial charge in [-0.1, -0.05) is 64.4 Å². The Bertz CT molecular complexity index is 1500. The fourth-order valence-corrected chi connectivity index (χ4v) is 14.4. The number of allylic oxidation sites excluding steroid dienone is 3. The Hall–Kier alpha value is -1.82. The fraction of sp³-hybridized carbons (Fsp3) is 0.684. The normalized spacial score (nSPS) is 39.1. The maximum atomic E-state index is 14.3. The number of aliphatic hydroxyl groups is 3. The van der Waals surface area contributed by atoms with E-state index in [9.17, 15) is 20.1 Å². The fourth-order valence-electron chi connectivity index (χ4n) is 11.5. The van der Waals surface area contributed by atoms with Crippen molar-refractivity contribution >= 4 is 33.3 Å². The first-order valence-electron chi connectivity index (χ1n) is 18.1. The number of carbonyl (C=O) groups excluding carboxylic acids is 1. The molecule has 0 aromatic heterocycles. The lowest BCUT2D eigenvalue weighted by Crippen LogP contribution is -2.67. The number of hydrogen-bond donors (Lipinski definition) is 6. The van der Waals surface area contributed by atoms with Crippen LogP contribution in [-0.2, 0) is 17.9 Å². The molecule has 48 heavy (non-hydrogen) atoms. The molecule has 1 aromatic rings. The number of hydrogen-bond acceptors (Lipinski definition) is 10. The SMILES string of the molecule is CNCc1ccc(CO)c([C@@H]2C=C[C@H]3CCC4=C5C[C@H]6C[C@H](CO)[C@@H](CCCO)[C@]5(CC4=O)[C@@]6(C)CCSSC[C@]34NC(N)=NC[C@@H]24)c1. The van der Waals surface area contributed by atoms with Crippen molar-refractivity contribution in [1.82, 2.24) is 10.6 Å². The summed E-state index contributed by atoms with van der Waals surface area (Å²) in [4.78, 5) is 19.0. The Morgan fingerprint density at radius 1 is 1.19 bits per heavy atom. The van der Waals surface area contributed by atoms with Crippen LogP contribution in [0.1, 0.15) is 80.9 Å². The van der Waals surface area contributed by atoms with Gasteiger partial charge in [0.05, 0.1) is 12.1 Å². The van der Waals surface area contributed by atoms with Gasteiger partial charge >= 0.3 is 0 Å². The second-order valence-corrected chi connectivity index (χ2v) is 18.2. The predicted molar refractivity (Wildman–Crippen MR) is 195 cm³/mol. The number of carbonyl (C=O) groups is 1. The molecule has 2 saturated carbocycles. The number of benzene rings is 1. The lowest BCUT2D eigenvalue weighted by molar-refractivity contribution is -0.125. The highest BCUT2D eigenvalue weighted by Gasteiger charge is 2.69. The maximum Gasteiger partial charge on any atom is 0.189 e. The van der Waals surface area contributed by atoms with Crippen LogP contribution in [0.5, 0.6) is 0 Å². The lowest BCUT2D eigenvalue weighted by Gasteiger charge is -2.57. The van der Waals surface area contributed by atoms with Gasteiger partial charge in [-0.3, -0.25) is 9.79 Å². The van der Waals surface area contributed by atoms with E-state index in [1.807, 2.05) is 28.6 Å². The first kappa shape index (κ1) is 34.6. The minimum absolute atomic E-state index is 0.00492. The molecule has 2 heterocycles. The molecule has 7 N–H and O–H groups in total. The first-order valence-corrected chi connectivity index (χ1v) is 20.6. The highest BCUT2D eigenvalue weighted by molar-refractivity contribution is 8.76. The van der Waals surface area contributed by atoms with Crippen LogP contribution in [0.3, 0.4) is 0 Å². The number of rotatable bonds is 8. The van der Waals surface area contributed by atoms with Gasteiger partial charge in [0.25, 0.3) is 0 Å². The highest BCUT2D eigenvalue weighted by atomic mass is 33.1. The quantitative estimate of drug-likeness (QED) is 0.169. The Labute approximate surface area is 293 Å². The lowest BCUT2D eigenvalue weighted by atomic mass is 9.47. The van der Waals surface area contributed by atoms with Gasteiger partial charge in [0.15, 0.2) is 11.7 Å². The number of nitrogens with one attached hydrogen (secondary N) is 2. The van der Waals surface area contributed by atoms with E-state index in [1.165, 1.54) is 11.1 Å². The summed E-state index contributed by atoms with van der Waals surface area (Å²) in [6.07, 6.45) is 11.5. The van der Waals surface area contributed by atoms with Crippen molar-refractivity contribution in [2.45, 2.75) is 82.9 Å². The van der Waals surface area contributed by atoms with Crippen LogP contribution in [0, 0.1) is 40.4 Å². The van der Waals surface area contributed by atoms with E-state index in [1.54, 1.807) is 0 Å². The molecule has 0 amide bonds. The van der Waals surface area contributed by atoms with Gasteiger partial charge in [-0.15, -0.1) is 0 Å². The average Bonchev–Trinajstić information content (AvgIpc) is 3.42. The van der Waals surface area contributed by atoms with Crippen molar-refractivity contribution in [2.24, 2.45) is 51.1 Å². The second-order valence-electron chi connectivity index (χ2n) is 15.6. The largest absolute Gasteiger partial charge is 0.396 e. The maximum absolute atomic E-state index is 14.3. The molecule has 9 atom stereocenters. The number of ketones is 1. The van der Waals surface area contributed by atoms with Gasteiger partial charge < -0.3 is 31.7 Å². The summed E-state index contributed by atoms with van der Waals surface area (Å²) in [6.45, 7) is 4.14. The molecular weight excluding hydrogens is 641 g/mol. The smallest absolute Gasteiger partial charge is 0.189 e. The Kier molecular flexibility index (Phi) is 9.89. The van der Waals surface area contributed by atoms with Crippen molar-refractivity contribution in [3.8, 4) is 0 Å². The molecule has 4 aliphatic carbocycles. The minimum Gasteiger partial charge on any atom is -0.396 e. The van der Waals surface area contributed by atoms with Crippen LogP contribution in [-0.4, -0.2) is 70.9 Å². The van der Waals surface area contributed by atoms with Crippen LogP contribution < -0.4 is 16.4 Å². The van der Waals surface area contributed by atoms with Crippen LogP contribution >= 0.6 is 21.6 Å². The molecule has 0 saturated heterocycles. The number of aliphatic imine (C=N–C) groups is 1. The van der Waals surface area contributed by atoms with Gasteiger partial charge in [0.1, 0.15) is 0 Å². The summed E-state index contributed by atoms with van der Waals surface area (Å²) in [7, 11) is 5.85. The molecule has 2 spiro atoms. The highest BCUT2D eigenvalue weighted by Crippen LogP contribution is 2.75. The molecule has 262 valence electrons. The summed E-state index contributed by atoms with van der Waals surface area (Å²) >= 11 is 0. The third-order valence-electron chi connectivity index (χ3n) is 13.8. The van der Waals surface area contributed by atoms with Gasteiger partial charge in [0.2, 0.25) is 0 Å². The monoisotopic (exact) mass is 694 g/mol. The number of Topliss-reactive ketones (excluding diaryl/α,β-unsaturated/α-hetero) is 1. The van der Waals surface area contributed by atoms with E-state index in [2.05, 4.69) is 47.9 Å². The molecule has 0 unspecified atom stereocenters. The van der Waals surface area contributed by atoms with E-state index in [4.69, 9.17) is 10.7 Å². The number of nitrogens with zero attached hydrogens (tertiary/aromatic N) is 1. The number of nitrogens with two attached hydrogens (primary N) is 1. The molecule has 10 heteroatoms. The average molecular weight is 695 g/mol. The van der Waals surface area contributed by atoms with Crippen LogP contribution in [0.2, 0.25) is 0 Å². The van der Waals surface area contributed by atoms with Crippen molar-refractivity contribution in [3.05, 3.63) is 58.2 Å². The van der Waals surface area contributed by atoms with Crippen LogP contribution in [0.25, 0.3) is 0 Å². The Balaban J connectivity index is 1.30. The third-order valence-corrected chi connectivity index (χ3v) is 16.3. The number of aliphatic hydroxyl groups excluding tert-OH is 3. The molecule has 7 rings (SSSR count). The second kappa shape index (κ2) is 13.7. The molecule has 0 radical (unpaired) electrons. The number of guanidine groups is 1. The summed E-state index contributed by atoms with van der Waals surface area (Å²) in [6, 6.07) is 6.41. The van der Waals surface area contributed by atoms with Crippen molar-refractivity contribution in [3.63, 3.8) is 0 Å². The Morgan fingerprint density at radius 2 is 2.04 bits per heavy atom. The molecular formula is C38H54N4O4S2. The van der Waals surface area contributed by atoms with E-state index >= 15 is 0 Å². The molecule has 1 aromatic carbocycles. The topological polar surface area (TPSA) is 140 Å². The van der Waals surface area contributed by atoms with Gasteiger partial charge in [-0.2, -0.15) is 0 Å². The summed E-state index contributed by atoms with van der Waals surface area (Å²) in [5, 5.41) is 38.0. The van der Waals surface area contributed by atoms with Crippen molar-refractivity contribution < 1.29 is 20.1 Å². The predicted octanol–water partition coefficient (Wildman–Crippen LogP) is 4.69. The van der Waals surface area contributed by atoms with Gasteiger partial charge in [-0.05, 0) is 97.4 Å². The zero-order valence-corrected chi connectivity index (χ0v) is 30.2. The molecule has 2 aliphatic heterocycles. The zero-order chi connectivity index (χ0) is 33.7. The van der Waals surface area contributed by atoms with E-state index in [0.717, 1.165) is 73.3 Å². The van der Waals surface area contributed by atoms with E-state index in [-0.39, 0.29) is 65.8 Å². The minimum atomic E-state index is -0.349. The van der Waals surface area contributed by atoms with Crippen LogP contribution in [0.4, 0.5) is 0 Å². The molecule has 2 fully saturated rings. The third kappa shape index (κ3) is 5.34. The van der Waals surface area contributed by atoms with Crippen molar-refractivity contribution in [2.75, 3.05) is 38.3 Å².